The van der Waals surface area contributed by atoms with Crippen LogP contribution in [0, 0.1) is 12.8 Å². The third-order valence-electron chi connectivity index (χ3n) is 3.36. The molecule has 1 rings (SSSR count). The fourth-order valence-corrected chi connectivity index (χ4v) is 3.02. The quantitative estimate of drug-likeness (QED) is 0.598. The molecule has 1 atom stereocenters. The number of nitrogens with one attached hydrogen (secondary N) is 2. The van der Waals surface area contributed by atoms with Crippen LogP contribution in [0.3, 0.4) is 0 Å². The standard InChI is InChI=1S/C18H32N4O2S/c1-13(12-22(7)17(23)24-18(3,4)5)10-20-16(19-6)21-11-15-9-8-14(2)25-15/h8-9,13H,10-12H2,1-7H3,(H2,19,20,21). The predicted molar refractivity (Wildman–Crippen MR) is 105 cm³/mol. The highest BCUT2D eigenvalue weighted by atomic mass is 32.1. The molecule has 7 heteroatoms. The third kappa shape index (κ3) is 8.77. The summed E-state index contributed by atoms with van der Waals surface area (Å²) in [5.74, 6) is 1.03. The summed E-state index contributed by atoms with van der Waals surface area (Å²) in [5.41, 5.74) is -0.473. The van der Waals surface area contributed by atoms with Crippen molar-refractivity contribution in [2.45, 2.75) is 46.8 Å². The lowest BCUT2D eigenvalue weighted by atomic mass is 10.1. The minimum atomic E-state index is -0.473. The Bertz CT molecular complexity index is 578. The summed E-state index contributed by atoms with van der Waals surface area (Å²) in [6, 6.07) is 4.24. The Kier molecular flexibility index (Phi) is 8.22. The predicted octanol–water partition coefficient (Wildman–Crippen LogP) is 3.22. The topological polar surface area (TPSA) is 66.0 Å². The van der Waals surface area contributed by atoms with Gasteiger partial charge >= 0.3 is 6.09 Å². The Balaban J connectivity index is 2.35. The molecule has 6 nitrogen and oxygen atoms in total. The van der Waals surface area contributed by atoms with Gasteiger partial charge in [-0.05, 0) is 45.7 Å². The summed E-state index contributed by atoms with van der Waals surface area (Å²) < 4.78 is 5.37. The first-order valence-corrected chi connectivity index (χ1v) is 9.36. The Morgan fingerprint density at radius 3 is 2.56 bits per heavy atom. The maximum Gasteiger partial charge on any atom is 0.410 e. The van der Waals surface area contributed by atoms with Gasteiger partial charge in [-0.25, -0.2) is 4.79 Å². The second-order valence-corrected chi connectivity index (χ2v) is 8.66. The highest BCUT2D eigenvalue weighted by molar-refractivity contribution is 7.11. The molecule has 0 saturated carbocycles. The number of rotatable bonds is 6. The molecule has 25 heavy (non-hydrogen) atoms. The van der Waals surface area contributed by atoms with Gasteiger partial charge in [0, 0.05) is 36.9 Å². The van der Waals surface area contributed by atoms with Gasteiger partial charge in [-0.3, -0.25) is 4.99 Å². The molecule has 0 aromatic carbocycles. The maximum atomic E-state index is 12.0. The molecule has 1 heterocycles. The fourth-order valence-electron chi connectivity index (χ4n) is 2.19. The van der Waals surface area contributed by atoms with Gasteiger partial charge in [0.25, 0.3) is 0 Å². The van der Waals surface area contributed by atoms with Gasteiger partial charge in [0.05, 0.1) is 6.54 Å². The summed E-state index contributed by atoms with van der Waals surface area (Å²) in [5, 5.41) is 6.61. The minimum Gasteiger partial charge on any atom is -0.444 e. The van der Waals surface area contributed by atoms with Crippen molar-refractivity contribution in [1.29, 1.82) is 0 Å². The van der Waals surface area contributed by atoms with Crippen LogP contribution < -0.4 is 10.6 Å². The van der Waals surface area contributed by atoms with Crippen LogP contribution >= 0.6 is 11.3 Å². The summed E-state index contributed by atoms with van der Waals surface area (Å²) in [4.78, 5) is 20.4. The Morgan fingerprint density at radius 2 is 2.04 bits per heavy atom. The summed E-state index contributed by atoms with van der Waals surface area (Å²) in [7, 11) is 3.52. The van der Waals surface area contributed by atoms with Crippen LogP contribution in [-0.4, -0.2) is 49.7 Å². The minimum absolute atomic E-state index is 0.264. The number of carbonyl (C=O) groups is 1. The fraction of sp³-hybridized carbons (Fsp3) is 0.667. The highest BCUT2D eigenvalue weighted by Crippen LogP contribution is 2.14. The molecule has 0 saturated heterocycles. The van der Waals surface area contributed by atoms with Crippen molar-refractivity contribution in [3.63, 3.8) is 0 Å². The molecule has 2 N–H and O–H groups in total. The van der Waals surface area contributed by atoms with Crippen molar-refractivity contribution in [3.05, 3.63) is 21.9 Å². The van der Waals surface area contributed by atoms with E-state index in [9.17, 15) is 4.79 Å². The van der Waals surface area contributed by atoms with Crippen molar-refractivity contribution >= 4 is 23.4 Å². The third-order valence-corrected chi connectivity index (χ3v) is 4.36. The zero-order valence-electron chi connectivity index (χ0n) is 16.5. The van der Waals surface area contributed by atoms with Crippen LogP contribution in [0.15, 0.2) is 17.1 Å². The van der Waals surface area contributed by atoms with E-state index in [2.05, 4.69) is 41.6 Å². The number of aliphatic imine (C=N–C) groups is 1. The molecular formula is C18H32N4O2S. The molecule has 0 fully saturated rings. The molecule has 0 spiro atoms. The first-order chi connectivity index (χ1) is 11.6. The van der Waals surface area contributed by atoms with Gasteiger partial charge in [-0.1, -0.05) is 6.92 Å². The number of aryl methyl sites for hydroxylation is 1. The number of carbonyl (C=O) groups excluding carboxylic acids is 1. The van der Waals surface area contributed by atoms with Crippen LogP contribution in [-0.2, 0) is 11.3 Å². The Hall–Kier alpha value is -1.76. The van der Waals surface area contributed by atoms with Crippen molar-refractivity contribution in [1.82, 2.24) is 15.5 Å². The molecule has 0 radical (unpaired) electrons. The number of hydrogen-bond donors (Lipinski definition) is 2. The van der Waals surface area contributed by atoms with E-state index in [4.69, 9.17) is 4.74 Å². The van der Waals surface area contributed by atoms with Crippen LogP contribution in [0.5, 0.6) is 0 Å². The molecule has 1 aromatic rings. The van der Waals surface area contributed by atoms with Gasteiger partial charge in [0.1, 0.15) is 5.60 Å². The average Bonchev–Trinajstić information content (AvgIpc) is 2.91. The van der Waals surface area contributed by atoms with Gasteiger partial charge in [0.15, 0.2) is 5.96 Å². The van der Waals surface area contributed by atoms with E-state index < -0.39 is 5.60 Å². The summed E-state index contributed by atoms with van der Waals surface area (Å²) in [6.07, 6.45) is -0.296. The largest absolute Gasteiger partial charge is 0.444 e. The van der Waals surface area contributed by atoms with Crippen LogP contribution in [0.1, 0.15) is 37.4 Å². The summed E-state index contributed by atoms with van der Waals surface area (Å²) in [6.45, 7) is 11.9. The monoisotopic (exact) mass is 368 g/mol. The molecule has 0 bridgehead atoms. The smallest absolute Gasteiger partial charge is 0.410 e. The Labute approximate surface area is 155 Å². The van der Waals surface area contributed by atoms with Crippen LogP contribution in [0.4, 0.5) is 4.79 Å². The molecular weight excluding hydrogens is 336 g/mol. The van der Waals surface area contributed by atoms with Crippen molar-refractivity contribution in [2.75, 3.05) is 27.2 Å². The average molecular weight is 369 g/mol. The lowest BCUT2D eigenvalue weighted by Crippen LogP contribution is -2.42. The van der Waals surface area contributed by atoms with Crippen LogP contribution in [0.2, 0.25) is 0 Å². The molecule has 1 amide bonds. The number of hydrogen-bond acceptors (Lipinski definition) is 4. The van der Waals surface area contributed by atoms with Gasteiger partial charge in [-0.2, -0.15) is 0 Å². The molecule has 1 unspecified atom stereocenters. The summed E-state index contributed by atoms with van der Waals surface area (Å²) >= 11 is 1.78. The second-order valence-electron chi connectivity index (χ2n) is 7.29. The second kappa shape index (κ2) is 9.65. The molecule has 0 aliphatic carbocycles. The van der Waals surface area contributed by atoms with Crippen molar-refractivity contribution in [2.24, 2.45) is 10.9 Å². The molecule has 0 aliphatic rings. The zero-order chi connectivity index (χ0) is 19.0. The van der Waals surface area contributed by atoms with E-state index >= 15 is 0 Å². The number of ether oxygens (including phenoxy) is 1. The maximum absolute atomic E-state index is 12.0. The van der Waals surface area contributed by atoms with Crippen LogP contribution in [0.25, 0.3) is 0 Å². The molecule has 1 aromatic heterocycles. The first kappa shape index (κ1) is 21.3. The van der Waals surface area contributed by atoms with E-state index in [1.165, 1.54) is 9.75 Å². The van der Waals surface area contributed by atoms with Gasteiger partial charge in [-0.15, -0.1) is 11.3 Å². The number of nitrogens with zero attached hydrogens (tertiary/aromatic N) is 2. The SMILES string of the molecule is CN=C(NCc1ccc(C)s1)NCC(C)CN(C)C(=O)OC(C)(C)C. The van der Waals surface area contributed by atoms with E-state index in [0.29, 0.717) is 6.54 Å². The zero-order valence-corrected chi connectivity index (χ0v) is 17.3. The molecule has 0 aliphatic heterocycles. The number of amides is 1. The molecule has 142 valence electrons. The van der Waals surface area contributed by atoms with E-state index in [1.807, 2.05) is 20.8 Å². The lowest BCUT2D eigenvalue weighted by molar-refractivity contribution is 0.0278. The van der Waals surface area contributed by atoms with Gasteiger partial charge < -0.3 is 20.3 Å². The Morgan fingerprint density at radius 1 is 1.36 bits per heavy atom. The lowest BCUT2D eigenvalue weighted by Gasteiger charge is -2.26. The number of thiophene rings is 1. The van der Waals surface area contributed by atoms with E-state index in [-0.39, 0.29) is 12.0 Å². The van der Waals surface area contributed by atoms with E-state index in [1.54, 1.807) is 30.3 Å². The van der Waals surface area contributed by atoms with Crippen molar-refractivity contribution < 1.29 is 9.53 Å². The normalized spacial score (nSPS) is 13.3. The highest BCUT2D eigenvalue weighted by Gasteiger charge is 2.20. The van der Waals surface area contributed by atoms with Gasteiger partial charge in [0.2, 0.25) is 0 Å². The first-order valence-electron chi connectivity index (χ1n) is 8.54. The van der Waals surface area contributed by atoms with E-state index in [0.717, 1.165) is 19.0 Å². The van der Waals surface area contributed by atoms with Crippen molar-refractivity contribution in [3.8, 4) is 0 Å². The number of guanidine groups is 1.